The molecule has 0 saturated heterocycles. The Morgan fingerprint density at radius 3 is 2.70 bits per heavy atom. The fourth-order valence-electron chi connectivity index (χ4n) is 7.95. The van der Waals surface area contributed by atoms with Crippen LogP contribution in [-0.2, 0) is 14.3 Å². The lowest BCUT2D eigenvalue weighted by atomic mass is 9.43. The summed E-state index contributed by atoms with van der Waals surface area (Å²) in [5, 5.41) is 19.9. The maximum atomic E-state index is 13.1. The highest BCUT2D eigenvalue weighted by Crippen LogP contribution is 2.82. The molecule has 4 bridgehead atoms. The second kappa shape index (κ2) is 6.15. The van der Waals surface area contributed by atoms with Gasteiger partial charge in [0.2, 0.25) is 0 Å². The maximum Gasteiger partial charge on any atom is 0.315 e. The van der Waals surface area contributed by atoms with Crippen molar-refractivity contribution in [3.05, 3.63) is 11.6 Å². The molecule has 0 aromatic rings. The van der Waals surface area contributed by atoms with E-state index in [0.29, 0.717) is 24.9 Å². The number of rotatable bonds is 7. The van der Waals surface area contributed by atoms with Gasteiger partial charge in [-0.25, -0.2) is 0 Å². The molecular formula is C22H32O5. The zero-order chi connectivity index (χ0) is 19.6. The smallest absolute Gasteiger partial charge is 0.315 e. The lowest BCUT2D eigenvalue weighted by Gasteiger charge is -2.58. The number of aldehydes is 1. The van der Waals surface area contributed by atoms with Crippen LogP contribution < -0.4 is 0 Å². The molecule has 0 radical (unpaired) electrons. The normalized spacial score (nSPS) is 47.2. The van der Waals surface area contributed by atoms with Crippen LogP contribution in [0.1, 0.15) is 46.5 Å². The van der Waals surface area contributed by atoms with E-state index >= 15 is 0 Å². The van der Waals surface area contributed by atoms with Crippen LogP contribution in [0.25, 0.3) is 0 Å². The molecule has 2 N–H and O–H groups in total. The standard InChI is InChI=1S/C22H32O5/c1-13(2)18-8-15-9-20(11-24)17-5-4-14(3)16(17)10-21(15,12-27-7-6-23)22(18,20)19(25)26/h8,11,13-17,23H,4-7,9-10,12H2,1-3H3,(H,25,26). The molecule has 0 spiro atoms. The van der Waals surface area contributed by atoms with Gasteiger partial charge in [-0.1, -0.05) is 38.8 Å². The van der Waals surface area contributed by atoms with Gasteiger partial charge in [0, 0.05) is 5.41 Å². The Morgan fingerprint density at radius 1 is 1.37 bits per heavy atom. The van der Waals surface area contributed by atoms with Gasteiger partial charge in [-0.3, -0.25) is 4.79 Å². The quantitative estimate of drug-likeness (QED) is 0.405. The number of ether oxygens (including phenoxy) is 1. The van der Waals surface area contributed by atoms with E-state index in [9.17, 15) is 19.8 Å². The first-order chi connectivity index (χ1) is 12.8. The molecule has 5 nitrogen and oxygen atoms in total. The van der Waals surface area contributed by atoms with Gasteiger partial charge < -0.3 is 19.7 Å². The van der Waals surface area contributed by atoms with Crippen molar-refractivity contribution in [2.45, 2.75) is 46.5 Å². The molecule has 150 valence electrons. The Kier molecular flexibility index (Phi) is 4.36. The SMILES string of the molecule is CC(C)C1=CC2CC3(C=O)C4CCC(C)C4CC2(COCCO)C13C(=O)O. The van der Waals surface area contributed by atoms with Crippen molar-refractivity contribution in [1.29, 1.82) is 0 Å². The van der Waals surface area contributed by atoms with Crippen molar-refractivity contribution in [3.63, 3.8) is 0 Å². The Labute approximate surface area is 161 Å². The summed E-state index contributed by atoms with van der Waals surface area (Å²) in [4.78, 5) is 25.8. The lowest BCUT2D eigenvalue weighted by Crippen LogP contribution is -2.63. The molecule has 4 aliphatic carbocycles. The number of carboxylic acids is 1. The van der Waals surface area contributed by atoms with Crippen molar-refractivity contribution >= 4 is 12.3 Å². The molecule has 3 saturated carbocycles. The molecule has 5 heteroatoms. The average Bonchev–Trinajstić information content (AvgIpc) is 3.19. The van der Waals surface area contributed by atoms with Crippen LogP contribution >= 0.6 is 0 Å². The zero-order valence-electron chi connectivity index (χ0n) is 16.6. The summed E-state index contributed by atoms with van der Waals surface area (Å²) in [5.41, 5.74) is -1.63. The second-order valence-corrected chi connectivity index (χ2v) is 9.76. The summed E-state index contributed by atoms with van der Waals surface area (Å²) in [6.07, 6.45) is 6.67. The zero-order valence-corrected chi connectivity index (χ0v) is 16.6. The van der Waals surface area contributed by atoms with Crippen LogP contribution in [0.4, 0.5) is 0 Å². The minimum absolute atomic E-state index is 0.0627. The number of carbonyl (C=O) groups is 2. The minimum atomic E-state index is -1.17. The number of hydrogen-bond acceptors (Lipinski definition) is 4. The molecule has 0 aromatic heterocycles. The number of carbonyl (C=O) groups excluding carboxylic acids is 1. The van der Waals surface area contributed by atoms with Crippen LogP contribution in [0.2, 0.25) is 0 Å². The van der Waals surface area contributed by atoms with Crippen LogP contribution in [-0.4, -0.2) is 42.3 Å². The lowest BCUT2D eigenvalue weighted by molar-refractivity contribution is -0.186. The summed E-state index contributed by atoms with van der Waals surface area (Å²) < 4.78 is 5.84. The summed E-state index contributed by atoms with van der Waals surface area (Å²) in [7, 11) is 0. The van der Waals surface area contributed by atoms with Crippen molar-refractivity contribution in [1.82, 2.24) is 0 Å². The van der Waals surface area contributed by atoms with Crippen LogP contribution in [0, 0.1) is 45.8 Å². The van der Waals surface area contributed by atoms with Crippen molar-refractivity contribution in [2.75, 3.05) is 19.8 Å². The highest BCUT2D eigenvalue weighted by atomic mass is 16.5. The third-order valence-electron chi connectivity index (χ3n) is 8.72. The number of aliphatic carboxylic acids is 1. The molecule has 3 fully saturated rings. The molecule has 0 aliphatic heterocycles. The molecule has 0 aromatic carbocycles. The van der Waals surface area contributed by atoms with E-state index < -0.39 is 22.2 Å². The number of aliphatic hydroxyl groups is 1. The monoisotopic (exact) mass is 376 g/mol. The van der Waals surface area contributed by atoms with E-state index in [2.05, 4.69) is 13.0 Å². The van der Waals surface area contributed by atoms with Crippen LogP contribution in [0.5, 0.6) is 0 Å². The summed E-state index contributed by atoms with van der Waals surface area (Å²) in [6.45, 7) is 6.78. The Balaban J connectivity index is 1.94. The minimum Gasteiger partial charge on any atom is -0.481 e. The highest BCUT2D eigenvalue weighted by molar-refractivity contribution is 5.90. The Bertz CT molecular complexity index is 684. The molecular weight excluding hydrogens is 344 g/mol. The predicted octanol–water partition coefficient (Wildman–Crippen LogP) is 2.92. The second-order valence-electron chi connectivity index (χ2n) is 9.76. The molecule has 0 amide bonds. The van der Waals surface area contributed by atoms with Crippen molar-refractivity contribution in [2.24, 2.45) is 45.8 Å². The number of allylic oxidation sites excluding steroid dienone is 1. The van der Waals surface area contributed by atoms with E-state index in [1.165, 1.54) is 0 Å². The first-order valence-electron chi connectivity index (χ1n) is 10.4. The fraction of sp³-hybridized carbons (Fsp3) is 0.818. The van der Waals surface area contributed by atoms with E-state index in [1.54, 1.807) is 0 Å². The Morgan fingerprint density at radius 2 is 2.11 bits per heavy atom. The predicted molar refractivity (Wildman–Crippen MR) is 99.9 cm³/mol. The van der Waals surface area contributed by atoms with Gasteiger partial charge in [-0.05, 0) is 48.9 Å². The van der Waals surface area contributed by atoms with Gasteiger partial charge >= 0.3 is 5.97 Å². The number of fused-ring (bicyclic) bond motifs is 2. The van der Waals surface area contributed by atoms with E-state index in [1.807, 2.05) is 13.8 Å². The summed E-state index contributed by atoms with van der Waals surface area (Å²) in [5.74, 6) is 0.341. The molecule has 0 heterocycles. The average molecular weight is 376 g/mol. The maximum absolute atomic E-state index is 13.1. The first kappa shape index (κ1) is 19.1. The highest BCUT2D eigenvalue weighted by Gasteiger charge is 2.84. The third-order valence-corrected chi connectivity index (χ3v) is 8.72. The topological polar surface area (TPSA) is 83.8 Å². The van der Waals surface area contributed by atoms with Gasteiger partial charge in [0.05, 0.1) is 25.2 Å². The molecule has 4 aliphatic rings. The van der Waals surface area contributed by atoms with Crippen LogP contribution in [0.15, 0.2) is 11.6 Å². The number of aliphatic hydroxyl groups excluding tert-OH is 1. The van der Waals surface area contributed by atoms with Crippen molar-refractivity contribution < 1.29 is 24.5 Å². The molecule has 27 heavy (non-hydrogen) atoms. The number of carboxylic acid groups (broad SMARTS) is 1. The van der Waals surface area contributed by atoms with E-state index in [-0.39, 0.29) is 31.0 Å². The number of hydrogen-bond donors (Lipinski definition) is 2. The first-order valence-corrected chi connectivity index (χ1v) is 10.4. The van der Waals surface area contributed by atoms with E-state index in [4.69, 9.17) is 4.74 Å². The van der Waals surface area contributed by atoms with Gasteiger partial charge in [0.25, 0.3) is 0 Å². The fourth-order valence-corrected chi connectivity index (χ4v) is 7.95. The van der Waals surface area contributed by atoms with E-state index in [0.717, 1.165) is 31.1 Å². The molecule has 7 atom stereocenters. The largest absolute Gasteiger partial charge is 0.481 e. The van der Waals surface area contributed by atoms with Crippen LogP contribution in [0.3, 0.4) is 0 Å². The van der Waals surface area contributed by atoms with Crippen molar-refractivity contribution in [3.8, 4) is 0 Å². The van der Waals surface area contributed by atoms with Gasteiger partial charge in [-0.2, -0.15) is 0 Å². The van der Waals surface area contributed by atoms with Gasteiger partial charge in [0.15, 0.2) is 0 Å². The summed E-state index contributed by atoms with van der Waals surface area (Å²) in [6, 6.07) is 0. The summed E-state index contributed by atoms with van der Waals surface area (Å²) >= 11 is 0. The van der Waals surface area contributed by atoms with Gasteiger partial charge in [-0.15, -0.1) is 0 Å². The Hall–Kier alpha value is -1.20. The third kappa shape index (κ3) is 1.97. The van der Waals surface area contributed by atoms with Gasteiger partial charge in [0.1, 0.15) is 11.7 Å². The molecule has 4 rings (SSSR count). The molecule has 7 unspecified atom stereocenters.